The molecule has 0 amide bonds. The third kappa shape index (κ3) is 3.39. The second-order valence-corrected chi connectivity index (χ2v) is 5.24. The average Bonchev–Trinajstić information content (AvgIpc) is 2.41. The van der Waals surface area contributed by atoms with Gasteiger partial charge in [-0.1, -0.05) is 47.6 Å². The predicted octanol–water partition coefficient (Wildman–Crippen LogP) is 4.35. The Bertz CT molecular complexity index is 664. The zero-order valence-corrected chi connectivity index (χ0v) is 12.5. The van der Waals surface area contributed by atoms with E-state index in [9.17, 15) is 4.39 Å². The molecule has 0 saturated carbocycles. The number of hydrogen-bond donors (Lipinski definition) is 1. The van der Waals surface area contributed by atoms with E-state index in [1.807, 2.05) is 0 Å². The van der Waals surface area contributed by atoms with Crippen molar-refractivity contribution in [3.8, 4) is 5.75 Å². The molecule has 2 rings (SSSR count). The van der Waals surface area contributed by atoms with Crippen molar-refractivity contribution in [2.24, 2.45) is 5.73 Å². The lowest BCUT2D eigenvalue weighted by Gasteiger charge is -2.10. The molecule has 0 fully saturated rings. The molecule has 0 aliphatic carbocycles. The summed E-state index contributed by atoms with van der Waals surface area (Å²) in [5.41, 5.74) is 6.37. The Kier molecular flexibility index (Phi) is 4.81. The molecule has 2 aromatic carbocycles. The number of ether oxygens (including phenoxy) is 1. The van der Waals surface area contributed by atoms with Crippen LogP contribution in [0.4, 0.5) is 4.39 Å². The Morgan fingerprint density at radius 1 is 1.25 bits per heavy atom. The Morgan fingerprint density at radius 2 is 2.00 bits per heavy atom. The number of benzene rings is 2. The van der Waals surface area contributed by atoms with E-state index < -0.39 is 5.82 Å². The van der Waals surface area contributed by atoms with Gasteiger partial charge in [-0.25, -0.2) is 4.39 Å². The van der Waals surface area contributed by atoms with E-state index in [0.29, 0.717) is 15.8 Å². The molecule has 6 heteroatoms. The summed E-state index contributed by atoms with van der Waals surface area (Å²) in [7, 11) is 0. The predicted molar refractivity (Wildman–Crippen MR) is 83.1 cm³/mol. The number of nitrogens with two attached hydrogens (primary N) is 1. The van der Waals surface area contributed by atoms with Gasteiger partial charge < -0.3 is 10.5 Å². The third-order valence-electron chi connectivity index (χ3n) is 2.61. The van der Waals surface area contributed by atoms with Crippen LogP contribution in [-0.2, 0) is 6.61 Å². The van der Waals surface area contributed by atoms with Gasteiger partial charge in [0.05, 0.1) is 5.02 Å². The quantitative estimate of drug-likeness (QED) is 0.847. The second kappa shape index (κ2) is 6.39. The molecule has 0 aliphatic heterocycles. The molecule has 0 saturated heterocycles. The van der Waals surface area contributed by atoms with Crippen LogP contribution >= 0.6 is 35.4 Å². The Balaban J connectivity index is 2.17. The fourth-order valence-electron chi connectivity index (χ4n) is 1.61. The topological polar surface area (TPSA) is 35.2 Å². The molecule has 2 nitrogen and oxygen atoms in total. The van der Waals surface area contributed by atoms with Crippen LogP contribution in [0.15, 0.2) is 36.4 Å². The zero-order chi connectivity index (χ0) is 14.7. The summed E-state index contributed by atoms with van der Waals surface area (Å²) in [5.74, 6) is 0.00223. The highest BCUT2D eigenvalue weighted by molar-refractivity contribution is 7.80. The summed E-state index contributed by atoms with van der Waals surface area (Å²) in [6.07, 6.45) is 0. The second-order valence-electron chi connectivity index (χ2n) is 4.02. The van der Waals surface area contributed by atoms with Gasteiger partial charge in [0.1, 0.15) is 28.2 Å². The first-order valence-corrected chi connectivity index (χ1v) is 6.80. The van der Waals surface area contributed by atoms with Gasteiger partial charge in [-0.3, -0.25) is 0 Å². The van der Waals surface area contributed by atoms with E-state index in [4.69, 9.17) is 45.9 Å². The molecule has 0 aromatic heterocycles. The lowest BCUT2D eigenvalue weighted by Crippen LogP contribution is -2.12. The molecule has 2 N–H and O–H groups in total. The number of thiocarbonyl (C=S) groups is 1. The summed E-state index contributed by atoms with van der Waals surface area (Å²) in [6, 6.07) is 9.54. The molecule has 0 heterocycles. The highest BCUT2D eigenvalue weighted by Gasteiger charge is 2.08. The molecule has 0 spiro atoms. The molecule has 20 heavy (non-hydrogen) atoms. The smallest absolute Gasteiger partial charge is 0.139 e. The SMILES string of the molecule is NC(=S)c1cc(COc2cccc(Cl)c2Cl)ccc1F. The van der Waals surface area contributed by atoms with Crippen molar-refractivity contribution >= 4 is 40.4 Å². The van der Waals surface area contributed by atoms with Gasteiger partial charge in [-0.2, -0.15) is 0 Å². The fraction of sp³-hybridized carbons (Fsp3) is 0.0714. The summed E-state index contributed by atoms with van der Waals surface area (Å²) in [6.45, 7) is 0.204. The minimum absolute atomic E-state index is 0.00476. The summed E-state index contributed by atoms with van der Waals surface area (Å²) < 4.78 is 19.0. The van der Waals surface area contributed by atoms with Crippen LogP contribution in [0, 0.1) is 5.82 Å². The van der Waals surface area contributed by atoms with Gasteiger partial charge >= 0.3 is 0 Å². The maximum Gasteiger partial charge on any atom is 0.139 e. The minimum atomic E-state index is -0.456. The molecule has 0 atom stereocenters. The van der Waals surface area contributed by atoms with Gasteiger partial charge in [0.15, 0.2) is 0 Å². The lowest BCUT2D eigenvalue weighted by atomic mass is 10.1. The highest BCUT2D eigenvalue weighted by Crippen LogP contribution is 2.31. The highest BCUT2D eigenvalue weighted by atomic mass is 35.5. The average molecular weight is 330 g/mol. The van der Waals surface area contributed by atoms with Crippen molar-refractivity contribution in [1.82, 2.24) is 0 Å². The monoisotopic (exact) mass is 329 g/mol. The van der Waals surface area contributed by atoms with Crippen LogP contribution in [0.3, 0.4) is 0 Å². The standard InChI is InChI=1S/C14H10Cl2FNOS/c15-10-2-1-3-12(13(10)16)19-7-8-4-5-11(17)9(6-8)14(18)20/h1-6H,7H2,(H2,18,20). The van der Waals surface area contributed by atoms with Gasteiger partial charge in [0.25, 0.3) is 0 Å². The van der Waals surface area contributed by atoms with Crippen LogP contribution in [0.2, 0.25) is 10.0 Å². The van der Waals surface area contributed by atoms with E-state index in [1.165, 1.54) is 6.07 Å². The van der Waals surface area contributed by atoms with Crippen molar-refractivity contribution in [2.45, 2.75) is 6.61 Å². The Morgan fingerprint density at radius 3 is 2.70 bits per heavy atom. The van der Waals surface area contributed by atoms with Crippen molar-refractivity contribution in [3.05, 3.63) is 63.4 Å². The summed E-state index contributed by atoms with van der Waals surface area (Å²) in [4.78, 5) is 0.00476. The van der Waals surface area contributed by atoms with Crippen LogP contribution in [0.1, 0.15) is 11.1 Å². The third-order valence-corrected chi connectivity index (χ3v) is 3.63. The number of hydrogen-bond acceptors (Lipinski definition) is 2. The van der Waals surface area contributed by atoms with E-state index in [2.05, 4.69) is 0 Å². The maximum absolute atomic E-state index is 13.5. The molecule has 0 unspecified atom stereocenters. The zero-order valence-electron chi connectivity index (χ0n) is 10.2. The van der Waals surface area contributed by atoms with Gasteiger partial charge in [0.2, 0.25) is 0 Å². The largest absolute Gasteiger partial charge is 0.487 e. The van der Waals surface area contributed by atoms with Gasteiger partial charge in [-0.15, -0.1) is 0 Å². The molecular weight excluding hydrogens is 320 g/mol. The van der Waals surface area contributed by atoms with E-state index in [1.54, 1.807) is 30.3 Å². The minimum Gasteiger partial charge on any atom is -0.487 e. The van der Waals surface area contributed by atoms with E-state index in [0.717, 1.165) is 5.56 Å². The molecule has 104 valence electrons. The van der Waals surface area contributed by atoms with Gasteiger partial charge in [-0.05, 0) is 29.8 Å². The maximum atomic E-state index is 13.5. The summed E-state index contributed by atoms with van der Waals surface area (Å²) in [5, 5.41) is 0.748. The van der Waals surface area contributed by atoms with E-state index >= 15 is 0 Å². The van der Waals surface area contributed by atoms with Crippen LogP contribution in [0.5, 0.6) is 5.75 Å². The molecule has 2 aromatic rings. The van der Waals surface area contributed by atoms with Crippen molar-refractivity contribution < 1.29 is 9.13 Å². The van der Waals surface area contributed by atoms with Crippen LogP contribution in [0.25, 0.3) is 0 Å². The number of rotatable bonds is 4. The van der Waals surface area contributed by atoms with Crippen molar-refractivity contribution in [2.75, 3.05) is 0 Å². The lowest BCUT2D eigenvalue weighted by molar-refractivity contribution is 0.306. The van der Waals surface area contributed by atoms with Crippen molar-refractivity contribution in [1.29, 1.82) is 0 Å². The van der Waals surface area contributed by atoms with E-state index in [-0.39, 0.29) is 17.2 Å². The van der Waals surface area contributed by atoms with Crippen molar-refractivity contribution in [3.63, 3.8) is 0 Å². The molecule has 0 aliphatic rings. The molecular formula is C14H10Cl2FNOS. The Hall–Kier alpha value is -1.36. The fourth-order valence-corrected chi connectivity index (χ4v) is 2.11. The first kappa shape index (κ1) is 15.0. The molecule has 0 bridgehead atoms. The number of halogens is 3. The van der Waals surface area contributed by atoms with Crippen LogP contribution in [-0.4, -0.2) is 4.99 Å². The first-order chi connectivity index (χ1) is 9.49. The Labute approximate surface area is 131 Å². The normalized spacial score (nSPS) is 10.3. The first-order valence-electron chi connectivity index (χ1n) is 5.64. The summed E-state index contributed by atoms with van der Waals surface area (Å²) >= 11 is 16.7. The van der Waals surface area contributed by atoms with Crippen LogP contribution < -0.4 is 10.5 Å². The van der Waals surface area contributed by atoms with Gasteiger partial charge in [0, 0.05) is 5.56 Å². The molecule has 0 radical (unpaired) electrons.